The van der Waals surface area contributed by atoms with Crippen molar-refractivity contribution < 1.29 is 9.53 Å². The van der Waals surface area contributed by atoms with Gasteiger partial charge in [0, 0.05) is 19.5 Å². The third-order valence-electron chi connectivity index (χ3n) is 4.73. The molecule has 7 heteroatoms. The zero-order valence-corrected chi connectivity index (χ0v) is 15.0. The van der Waals surface area contributed by atoms with Crippen molar-refractivity contribution >= 4 is 6.03 Å². The van der Waals surface area contributed by atoms with Crippen LogP contribution in [0.5, 0.6) is 5.75 Å². The van der Waals surface area contributed by atoms with Crippen molar-refractivity contribution in [1.82, 2.24) is 25.0 Å². The third kappa shape index (κ3) is 3.60. The van der Waals surface area contributed by atoms with Gasteiger partial charge < -0.3 is 19.5 Å². The number of carbonyl (C=O) groups excluding carboxylic acids is 1. The molecule has 2 amide bonds. The van der Waals surface area contributed by atoms with Crippen molar-refractivity contribution in [1.29, 1.82) is 0 Å². The lowest BCUT2D eigenvalue weighted by molar-refractivity contribution is 0.182. The Labute approximate surface area is 148 Å². The van der Waals surface area contributed by atoms with Gasteiger partial charge in [0.15, 0.2) is 5.82 Å². The molecule has 0 bridgehead atoms. The van der Waals surface area contributed by atoms with Gasteiger partial charge in [-0.2, -0.15) is 0 Å². The van der Waals surface area contributed by atoms with E-state index < -0.39 is 0 Å². The first-order valence-electron chi connectivity index (χ1n) is 8.73. The zero-order valence-electron chi connectivity index (χ0n) is 15.0. The summed E-state index contributed by atoms with van der Waals surface area (Å²) in [5.41, 5.74) is 1.04. The molecule has 0 saturated heterocycles. The number of ether oxygens (including phenoxy) is 1. The second-order valence-electron chi connectivity index (χ2n) is 6.18. The molecular formula is C18H25N5O2. The topological polar surface area (TPSA) is 72.3 Å². The highest BCUT2D eigenvalue weighted by Crippen LogP contribution is 2.24. The number of carbonyl (C=O) groups is 1. The van der Waals surface area contributed by atoms with E-state index >= 15 is 0 Å². The maximum absolute atomic E-state index is 12.7. The van der Waals surface area contributed by atoms with Gasteiger partial charge in [0.25, 0.3) is 0 Å². The van der Waals surface area contributed by atoms with Crippen LogP contribution in [-0.4, -0.2) is 39.4 Å². The van der Waals surface area contributed by atoms with E-state index in [1.54, 1.807) is 12.0 Å². The summed E-state index contributed by atoms with van der Waals surface area (Å²) in [6.45, 7) is 5.94. The fourth-order valence-corrected chi connectivity index (χ4v) is 3.27. The average Bonchev–Trinajstić information content (AvgIpc) is 3.24. The number of aryl methyl sites for hydroxylation is 1. The Kier molecular flexibility index (Phi) is 5.21. The van der Waals surface area contributed by atoms with Gasteiger partial charge in [0.05, 0.1) is 19.7 Å². The maximum atomic E-state index is 12.7. The molecule has 0 unspecified atom stereocenters. The second-order valence-corrected chi connectivity index (χ2v) is 6.18. The summed E-state index contributed by atoms with van der Waals surface area (Å²) >= 11 is 0. The molecule has 0 saturated carbocycles. The molecule has 0 radical (unpaired) electrons. The largest absolute Gasteiger partial charge is 0.497 e. The maximum Gasteiger partial charge on any atom is 0.318 e. The lowest BCUT2D eigenvalue weighted by atomic mass is 10.1. The molecule has 1 aromatic carbocycles. The number of methoxy groups -OCH3 is 1. The van der Waals surface area contributed by atoms with Gasteiger partial charge in [-0.3, -0.25) is 0 Å². The van der Waals surface area contributed by atoms with E-state index in [-0.39, 0.29) is 12.1 Å². The number of nitrogens with one attached hydrogen (secondary N) is 1. The van der Waals surface area contributed by atoms with Crippen LogP contribution in [0.4, 0.5) is 4.79 Å². The molecule has 1 atom stereocenters. The van der Waals surface area contributed by atoms with Crippen LogP contribution in [-0.2, 0) is 19.5 Å². The number of rotatable bonds is 6. The van der Waals surface area contributed by atoms with Crippen molar-refractivity contribution in [2.24, 2.45) is 0 Å². The van der Waals surface area contributed by atoms with E-state index in [1.807, 2.05) is 38.1 Å². The Morgan fingerprint density at radius 3 is 3.04 bits per heavy atom. The lowest BCUT2D eigenvalue weighted by Gasteiger charge is -2.28. The Hall–Kier alpha value is -2.57. The first kappa shape index (κ1) is 17.3. The van der Waals surface area contributed by atoms with Crippen molar-refractivity contribution in [3.63, 3.8) is 0 Å². The van der Waals surface area contributed by atoms with Crippen LogP contribution in [0.15, 0.2) is 24.3 Å². The van der Waals surface area contributed by atoms with E-state index in [0.717, 1.165) is 42.3 Å². The highest BCUT2D eigenvalue weighted by Gasteiger charge is 2.22. The van der Waals surface area contributed by atoms with Gasteiger partial charge >= 0.3 is 6.03 Å². The van der Waals surface area contributed by atoms with Crippen molar-refractivity contribution in [2.45, 2.75) is 45.8 Å². The molecule has 25 heavy (non-hydrogen) atoms. The summed E-state index contributed by atoms with van der Waals surface area (Å²) in [7, 11) is 1.64. The Morgan fingerprint density at radius 1 is 1.44 bits per heavy atom. The quantitative estimate of drug-likeness (QED) is 0.875. The number of urea groups is 1. The Bertz CT molecular complexity index is 743. The number of hydrogen-bond acceptors (Lipinski definition) is 4. The van der Waals surface area contributed by atoms with E-state index in [1.165, 1.54) is 0 Å². The van der Waals surface area contributed by atoms with Crippen LogP contribution in [0, 0.1) is 0 Å². The van der Waals surface area contributed by atoms with Crippen LogP contribution in [0.2, 0.25) is 0 Å². The van der Waals surface area contributed by atoms with Crippen molar-refractivity contribution in [2.75, 3.05) is 13.7 Å². The third-order valence-corrected chi connectivity index (χ3v) is 4.73. The molecule has 0 aliphatic carbocycles. The van der Waals surface area contributed by atoms with Gasteiger partial charge in [-0.15, -0.1) is 10.2 Å². The Balaban J connectivity index is 1.65. The van der Waals surface area contributed by atoms with E-state index in [0.29, 0.717) is 13.1 Å². The summed E-state index contributed by atoms with van der Waals surface area (Å²) < 4.78 is 7.38. The first-order valence-corrected chi connectivity index (χ1v) is 8.73. The van der Waals surface area contributed by atoms with Gasteiger partial charge in [-0.1, -0.05) is 12.1 Å². The summed E-state index contributed by atoms with van der Waals surface area (Å²) in [5, 5.41) is 11.3. The van der Waals surface area contributed by atoms with Crippen molar-refractivity contribution in [3.05, 3.63) is 41.5 Å². The predicted octanol–water partition coefficient (Wildman–Crippen LogP) is 2.53. The summed E-state index contributed by atoms with van der Waals surface area (Å²) in [4.78, 5) is 14.5. The number of hydrogen-bond donors (Lipinski definition) is 1. The molecule has 0 spiro atoms. The van der Waals surface area contributed by atoms with E-state index in [2.05, 4.69) is 20.1 Å². The van der Waals surface area contributed by atoms with Crippen LogP contribution in [0.1, 0.15) is 43.5 Å². The fraction of sp³-hybridized carbons (Fsp3) is 0.500. The van der Waals surface area contributed by atoms with Gasteiger partial charge in [-0.05, 0) is 38.0 Å². The van der Waals surface area contributed by atoms with Crippen LogP contribution in [0.3, 0.4) is 0 Å². The molecule has 0 fully saturated rings. The normalized spacial score (nSPS) is 14.0. The number of fused-ring (bicyclic) bond motifs is 1. The lowest BCUT2D eigenvalue weighted by Crippen LogP contribution is -2.41. The summed E-state index contributed by atoms with van der Waals surface area (Å²) in [5.74, 6) is 2.63. The first-order chi connectivity index (χ1) is 12.1. The van der Waals surface area contributed by atoms with Crippen molar-refractivity contribution in [3.8, 4) is 5.75 Å². The number of aromatic nitrogens is 3. The molecule has 3 rings (SSSR count). The SMILES string of the molecule is CCN(C(=O)NCc1nnc2n1CCC2)[C@H](C)c1cccc(OC)c1. The minimum absolute atomic E-state index is 0.0517. The molecule has 1 aliphatic rings. The molecule has 1 aromatic heterocycles. The average molecular weight is 343 g/mol. The molecule has 1 aliphatic heterocycles. The molecule has 2 heterocycles. The van der Waals surface area contributed by atoms with Gasteiger partial charge in [-0.25, -0.2) is 4.79 Å². The minimum Gasteiger partial charge on any atom is -0.497 e. The van der Waals surface area contributed by atoms with Crippen LogP contribution >= 0.6 is 0 Å². The minimum atomic E-state index is -0.104. The second kappa shape index (κ2) is 7.55. The number of benzene rings is 1. The summed E-state index contributed by atoms with van der Waals surface area (Å²) in [6, 6.07) is 7.66. The number of amides is 2. The van der Waals surface area contributed by atoms with E-state index in [9.17, 15) is 4.79 Å². The molecular weight excluding hydrogens is 318 g/mol. The zero-order chi connectivity index (χ0) is 17.8. The molecule has 7 nitrogen and oxygen atoms in total. The van der Waals surface area contributed by atoms with Gasteiger partial charge in [0.1, 0.15) is 11.6 Å². The molecule has 1 N–H and O–H groups in total. The monoisotopic (exact) mass is 343 g/mol. The van der Waals surface area contributed by atoms with Crippen LogP contribution < -0.4 is 10.1 Å². The Morgan fingerprint density at radius 2 is 2.28 bits per heavy atom. The van der Waals surface area contributed by atoms with E-state index in [4.69, 9.17) is 4.74 Å². The number of nitrogens with zero attached hydrogens (tertiary/aromatic N) is 4. The molecule has 2 aromatic rings. The molecule has 134 valence electrons. The van der Waals surface area contributed by atoms with Crippen LogP contribution in [0.25, 0.3) is 0 Å². The smallest absolute Gasteiger partial charge is 0.318 e. The fourth-order valence-electron chi connectivity index (χ4n) is 3.27. The summed E-state index contributed by atoms with van der Waals surface area (Å²) in [6.07, 6.45) is 2.06. The predicted molar refractivity (Wildman–Crippen MR) is 94.4 cm³/mol. The highest BCUT2D eigenvalue weighted by atomic mass is 16.5. The standard InChI is InChI=1S/C18H25N5O2/c1-4-22(13(2)14-7-5-8-15(11-14)25-3)18(24)19-12-17-21-20-16-9-6-10-23(16)17/h5,7-8,11,13H,4,6,9-10,12H2,1-3H3,(H,19,24)/t13-/m1/s1. The highest BCUT2D eigenvalue weighted by molar-refractivity contribution is 5.74. The van der Waals surface area contributed by atoms with Gasteiger partial charge in [0.2, 0.25) is 0 Å².